The number of para-hydroxylation sites is 1. The molecule has 2 rings (SSSR count). The molecule has 0 atom stereocenters. The summed E-state index contributed by atoms with van der Waals surface area (Å²) in [4.78, 5) is 25.6. The first-order valence-corrected chi connectivity index (χ1v) is 7.43. The summed E-state index contributed by atoms with van der Waals surface area (Å²) in [5.41, 5.74) is 6.87. The molecule has 21 heavy (non-hydrogen) atoms. The lowest BCUT2D eigenvalue weighted by Gasteiger charge is -2.31. The van der Waals surface area contributed by atoms with Gasteiger partial charge in [-0.05, 0) is 38.8 Å². The van der Waals surface area contributed by atoms with Crippen LogP contribution in [-0.2, 0) is 4.79 Å². The Hall–Kier alpha value is -2.04. The number of piperidine rings is 1. The predicted octanol–water partition coefficient (Wildman–Crippen LogP) is 1.84. The summed E-state index contributed by atoms with van der Waals surface area (Å²) in [6.07, 6.45) is 1.31. The molecule has 0 radical (unpaired) electrons. The molecule has 1 fully saturated rings. The number of hydrogen-bond acceptors (Lipinski definition) is 3. The second-order valence-electron chi connectivity index (χ2n) is 5.81. The van der Waals surface area contributed by atoms with Crippen LogP contribution in [0.25, 0.3) is 0 Å². The monoisotopic (exact) mass is 289 g/mol. The van der Waals surface area contributed by atoms with Gasteiger partial charge < -0.3 is 16.0 Å². The number of amides is 2. The topological polar surface area (TPSA) is 75.4 Å². The number of primary amides is 1. The quantitative estimate of drug-likeness (QED) is 0.888. The van der Waals surface area contributed by atoms with E-state index in [4.69, 9.17) is 5.73 Å². The second-order valence-corrected chi connectivity index (χ2v) is 5.81. The fourth-order valence-corrected chi connectivity index (χ4v) is 2.64. The minimum Gasteiger partial charge on any atom is -0.382 e. The summed E-state index contributed by atoms with van der Waals surface area (Å²) in [6, 6.07) is 7.81. The Bertz CT molecular complexity index is 520. The molecule has 0 aromatic heterocycles. The van der Waals surface area contributed by atoms with Crippen LogP contribution in [0.1, 0.15) is 37.0 Å². The summed E-state index contributed by atoms with van der Waals surface area (Å²) in [6.45, 7) is 5.25. The second kappa shape index (κ2) is 6.61. The van der Waals surface area contributed by atoms with Crippen molar-refractivity contribution in [2.24, 2.45) is 11.7 Å². The van der Waals surface area contributed by atoms with Crippen molar-refractivity contribution in [1.82, 2.24) is 4.90 Å². The minimum absolute atomic E-state index is 0.0154. The number of nitrogens with one attached hydrogen (secondary N) is 1. The number of hydrogen-bond donors (Lipinski definition) is 2. The molecular weight excluding hydrogens is 266 g/mol. The van der Waals surface area contributed by atoms with E-state index in [9.17, 15) is 9.59 Å². The van der Waals surface area contributed by atoms with Gasteiger partial charge in [-0.2, -0.15) is 0 Å². The smallest absolute Gasteiger partial charge is 0.255 e. The molecule has 0 saturated carbocycles. The van der Waals surface area contributed by atoms with E-state index in [1.807, 2.05) is 38.1 Å². The lowest BCUT2D eigenvalue weighted by Crippen LogP contribution is -2.42. The van der Waals surface area contributed by atoms with Gasteiger partial charge in [0.15, 0.2) is 0 Å². The summed E-state index contributed by atoms with van der Waals surface area (Å²) >= 11 is 0. The molecule has 0 aliphatic carbocycles. The normalized spacial score (nSPS) is 16.0. The van der Waals surface area contributed by atoms with Crippen molar-refractivity contribution in [3.05, 3.63) is 29.8 Å². The van der Waals surface area contributed by atoms with Crippen molar-refractivity contribution in [2.75, 3.05) is 18.4 Å². The third kappa shape index (κ3) is 3.74. The van der Waals surface area contributed by atoms with Gasteiger partial charge in [0, 0.05) is 30.7 Å². The Morgan fingerprint density at radius 1 is 1.24 bits per heavy atom. The van der Waals surface area contributed by atoms with Crippen molar-refractivity contribution in [3.8, 4) is 0 Å². The molecule has 1 aromatic rings. The fraction of sp³-hybridized carbons (Fsp3) is 0.500. The van der Waals surface area contributed by atoms with Gasteiger partial charge in [-0.15, -0.1) is 0 Å². The van der Waals surface area contributed by atoms with E-state index in [1.165, 1.54) is 0 Å². The number of benzene rings is 1. The molecule has 1 aromatic carbocycles. The zero-order chi connectivity index (χ0) is 15.4. The first kappa shape index (κ1) is 15.4. The first-order valence-electron chi connectivity index (χ1n) is 7.43. The van der Waals surface area contributed by atoms with E-state index in [0.717, 1.165) is 5.69 Å². The van der Waals surface area contributed by atoms with E-state index >= 15 is 0 Å². The Kier molecular flexibility index (Phi) is 4.83. The van der Waals surface area contributed by atoms with Crippen LogP contribution < -0.4 is 11.1 Å². The van der Waals surface area contributed by atoms with Gasteiger partial charge >= 0.3 is 0 Å². The van der Waals surface area contributed by atoms with Crippen LogP contribution >= 0.6 is 0 Å². The number of nitrogens with two attached hydrogens (primary N) is 1. The minimum atomic E-state index is -0.260. The number of nitrogens with zero attached hydrogens (tertiary/aromatic N) is 1. The first-order chi connectivity index (χ1) is 9.99. The number of rotatable bonds is 4. The summed E-state index contributed by atoms with van der Waals surface area (Å²) in [5.74, 6) is -0.344. The molecule has 5 nitrogen and oxygen atoms in total. The standard InChI is InChI=1S/C16H23N3O2/c1-11(2)18-14-6-4-3-5-13(14)16(21)19-9-7-12(8-10-19)15(17)20/h3-6,11-12,18H,7-10H2,1-2H3,(H2,17,20). The van der Waals surface area contributed by atoms with Crippen molar-refractivity contribution >= 4 is 17.5 Å². The van der Waals surface area contributed by atoms with Crippen LogP contribution in [-0.4, -0.2) is 35.8 Å². The molecule has 3 N–H and O–H groups in total. The van der Waals surface area contributed by atoms with E-state index < -0.39 is 0 Å². The lowest BCUT2D eigenvalue weighted by molar-refractivity contribution is -0.123. The average molecular weight is 289 g/mol. The summed E-state index contributed by atoms with van der Waals surface area (Å²) in [7, 11) is 0. The molecule has 114 valence electrons. The molecule has 0 bridgehead atoms. The van der Waals surface area contributed by atoms with E-state index in [2.05, 4.69) is 5.32 Å². The van der Waals surface area contributed by atoms with Crippen molar-refractivity contribution in [3.63, 3.8) is 0 Å². The van der Waals surface area contributed by atoms with Gasteiger partial charge in [0.1, 0.15) is 0 Å². The average Bonchev–Trinajstić information content (AvgIpc) is 2.46. The maximum Gasteiger partial charge on any atom is 0.255 e. The lowest BCUT2D eigenvalue weighted by atomic mass is 9.95. The van der Waals surface area contributed by atoms with Gasteiger partial charge in [-0.25, -0.2) is 0 Å². The van der Waals surface area contributed by atoms with Crippen LogP contribution in [0.5, 0.6) is 0 Å². The van der Waals surface area contributed by atoms with Crippen molar-refractivity contribution < 1.29 is 9.59 Å². The zero-order valence-corrected chi connectivity index (χ0v) is 12.6. The fourth-order valence-electron chi connectivity index (χ4n) is 2.64. The van der Waals surface area contributed by atoms with E-state index in [-0.39, 0.29) is 23.8 Å². The number of anilines is 1. The predicted molar refractivity (Wildman–Crippen MR) is 83.0 cm³/mol. The van der Waals surface area contributed by atoms with Gasteiger partial charge in [0.05, 0.1) is 5.56 Å². The highest BCUT2D eigenvalue weighted by Gasteiger charge is 2.27. The van der Waals surface area contributed by atoms with Gasteiger partial charge in [-0.1, -0.05) is 12.1 Å². The van der Waals surface area contributed by atoms with Crippen LogP contribution in [0.4, 0.5) is 5.69 Å². The van der Waals surface area contributed by atoms with Gasteiger partial charge in [0.25, 0.3) is 5.91 Å². The van der Waals surface area contributed by atoms with E-state index in [0.29, 0.717) is 31.5 Å². The maximum atomic E-state index is 12.6. The Balaban J connectivity index is 2.09. The molecule has 0 unspecified atom stereocenters. The molecule has 1 heterocycles. The molecular formula is C16H23N3O2. The van der Waals surface area contributed by atoms with Gasteiger partial charge in [-0.3, -0.25) is 9.59 Å². The summed E-state index contributed by atoms with van der Waals surface area (Å²) in [5, 5.41) is 3.30. The van der Waals surface area contributed by atoms with Crippen LogP contribution in [0.2, 0.25) is 0 Å². The molecule has 5 heteroatoms. The van der Waals surface area contributed by atoms with Crippen molar-refractivity contribution in [2.45, 2.75) is 32.7 Å². The molecule has 2 amide bonds. The highest BCUT2D eigenvalue weighted by molar-refractivity contribution is 5.99. The van der Waals surface area contributed by atoms with Crippen LogP contribution in [0, 0.1) is 5.92 Å². The zero-order valence-electron chi connectivity index (χ0n) is 12.6. The molecule has 0 spiro atoms. The number of carbonyl (C=O) groups is 2. The SMILES string of the molecule is CC(C)Nc1ccccc1C(=O)N1CCC(C(N)=O)CC1. The third-order valence-corrected chi connectivity index (χ3v) is 3.79. The number of likely N-dealkylation sites (tertiary alicyclic amines) is 1. The van der Waals surface area contributed by atoms with Crippen molar-refractivity contribution in [1.29, 1.82) is 0 Å². The third-order valence-electron chi connectivity index (χ3n) is 3.79. The van der Waals surface area contributed by atoms with Crippen LogP contribution in [0.3, 0.4) is 0 Å². The molecule has 1 saturated heterocycles. The highest BCUT2D eigenvalue weighted by atomic mass is 16.2. The Morgan fingerprint density at radius 3 is 2.43 bits per heavy atom. The Labute approximate surface area is 125 Å². The van der Waals surface area contributed by atoms with Crippen LogP contribution in [0.15, 0.2) is 24.3 Å². The summed E-state index contributed by atoms with van der Waals surface area (Å²) < 4.78 is 0. The highest BCUT2D eigenvalue weighted by Crippen LogP contribution is 2.22. The number of carbonyl (C=O) groups excluding carboxylic acids is 2. The largest absolute Gasteiger partial charge is 0.382 e. The molecule has 1 aliphatic rings. The Morgan fingerprint density at radius 2 is 1.86 bits per heavy atom. The van der Waals surface area contributed by atoms with E-state index in [1.54, 1.807) is 4.90 Å². The molecule has 1 aliphatic heterocycles. The van der Waals surface area contributed by atoms with Gasteiger partial charge in [0.2, 0.25) is 5.91 Å². The maximum absolute atomic E-state index is 12.6.